The molecule has 2 rings (SSSR count). The molecule has 0 heterocycles. The number of aliphatic hydroxyl groups is 2. The second-order valence-electron chi connectivity index (χ2n) is 7.13. The molecule has 0 spiro atoms. The van der Waals surface area contributed by atoms with Crippen LogP contribution in [0.1, 0.15) is 29.3 Å². The second-order valence-corrected chi connectivity index (χ2v) is 7.13. The first-order valence-corrected chi connectivity index (χ1v) is 9.83. The minimum Gasteiger partial charge on any atom is -0.396 e. The predicted molar refractivity (Wildman–Crippen MR) is 110 cm³/mol. The van der Waals surface area contributed by atoms with Gasteiger partial charge in [0.25, 0.3) is 0 Å². The van der Waals surface area contributed by atoms with Gasteiger partial charge in [-0.2, -0.15) is 0 Å². The molecule has 0 radical (unpaired) electrons. The van der Waals surface area contributed by atoms with Gasteiger partial charge in [0.2, 0.25) is 0 Å². The highest BCUT2D eigenvalue weighted by atomic mass is 16.5. The van der Waals surface area contributed by atoms with Crippen LogP contribution < -0.4 is 5.32 Å². The van der Waals surface area contributed by atoms with Crippen molar-refractivity contribution < 1.29 is 19.7 Å². The van der Waals surface area contributed by atoms with Gasteiger partial charge in [-0.1, -0.05) is 60.7 Å². The molecule has 0 amide bonds. The van der Waals surface area contributed by atoms with Crippen molar-refractivity contribution >= 4 is 5.78 Å². The third-order valence-electron chi connectivity index (χ3n) is 4.65. The molecule has 3 atom stereocenters. The van der Waals surface area contributed by atoms with E-state index < -0.39 is 6.10 Å². The number of aliphatic hydroxyl groups excluding tert-OH is 2. The van der Waals surface area contributed by atoms with Crippen LogP contribution in [-0.2, 0) is 11.2 Å². The van der Waals surface area contributed by atoms with E-state index in [-0.39, 0.29) is 37.6 Å². The Balaban J connectivity index is 1.89. The normalized spacial score (nSPS) is 14.4. The number of carbonyl (C=O) groups excluding carboxylic acids is 1. The van der Waals surface area contributed by atoms with Gasteiger partial charge in [0.15, 0.2) is 5.78 Å². The molecule has 0 bridgehead atoms. The van der Waals surface area contributed by atoms with Crippen molar-refractivity contribution in [2.24, 2.45) is 5.92 Å². The summed E-state index contributed by atoms with van der Waals surface area (Å²) in [6, 6.07) is 19.3. The molecule has 0 saturated heterocycles. The maximum Gasteiger partial charge on any atom is 0.168 e. The number of ether oxygens (including phenoxy) is 1. The van der Waals surface area contributed by atoms with Gasteiger partial charge >= 0.3 is 0 Å². The molecule has 2 aromatic rings. The van der Waals surface area contributed by atoms with Crippen LogP contribution in [0.3, 0.4) is 0 Å². The molecule has 0 aliphatic rings. The molecule has 3 N–H and O–H groups in total. The number of benzene rings is 2. The van der Waals surface area contributed by atoms with Crippen LogP contribution in [0.2, 0.25) is 0 Å². The fourth-order valence-corrected chi connectivity index (χ4v) is 3.00. The molecule has 0 aromatic heterocycles. The van der Waals surface area contributed by atoms with Gasteiger partial charge in [0.05, 0.1) is 19.3 Å². The number of rotatable bonds is 13. The van der Waals surface area contributed by atoms with Crippen LogP contribution in [-0.4, -0.2) is 54.5 Å². The zero-order valence-electron chi connectivity index (χ0n) is 16.5. The fourth-order valence-electron chi connectivity index (χ4n) is 3.00. The minimum atomic E-state index is -0.662. The van der Waals surface area contributed by atoms with Crippen molar-refractivity contribution in [1.82, 2.24) is 5.32 Å². The lowest BCUT2D eigenvalue weighted by Gasteiger charge is -2.19. The zero-order chi connectivity index (χ0) is 20.2. The molecule has 0 aliphatic heterocycles. The number of carbonyl (C=O) groups is 1. The molecule has 5 heteroatoms. The molecular weight excluding hydrogens is 354 g/mol. The van der Waals surface area contributed by atoms with Gasteiger partial charge in [0, 0.05) is 30.7 Å². The SMILES string of the molecule is CC(CCO)NCC(O)COCC(Cc1ccccc1)C(=O)c1ccccc1. The maximum absolute atomic E-state index is 12.9. The van der Waals surface area contributed by atoms with Crippen molar-refractivity contribution in [3.05, 3.63) is 71.8 Å². The van der Waals surface area contributed by atoms with Crippen LogP contribution in [0.15, 0.2) is 60.7 Å². The average molecular weight is 386 g/mol. The summed E-state index contributed by atoms with van der Waals surface area (Å²) < 4.78 is 5.70. The fraction of sp³-hybridized carbons (Fsp3) is 0.435. The Morgan fingerprint density at radius 3 is 2.32 bits per heavy atom. The van der Waals surface area contributed by atoms with Gasteiger partial charge < -0.3 is 20.3 Å². The lowest BCUT2D eigenvalue weighted by Crippen LogP contribution is -2.37. The van der Waals surface area contributed by atoms with Gasteiger partial charge in [-0.15, -0.1) is 0 Å². The Morgan fingerprint density at radius 1 is 1.04 bits per heavy atom. The third kappa shape index (κ3) is 7.90. The molecule has 0 saturated carbocycles. The summed E-state index contributed by atoms with van der Waals surface area (Å²) in [6.45, 7) is 2.87. The first-order valence-electron chi connectivity index (χ1n) is 9.83. The van der Waals surface area contributed by atoms with E-state index in [1.54, 1.807) is 0 Å². The molecule has 5 nitrogen and oxygen atoms in total. The lowest BCUT2D eigenvalue weighted by molar-refractivity contribution is 0.0205. The topological polar surface area (TPSA) is 78.8 Å². The molecular formula is C23H31NO4. The highest BCUT2D eigenvalue weighted by Gasteiger charge is 2.21. The molecule has 3 unspecified atom stereocenters. The summed E-state index contributed by atoms with van der Waals surface area (Å²) >= 11 is 0. The van der Waals surface area contributed by atoms with Gasteiger partial charge in [-0.3, -0.25) is 4.79 Å². The van der Waals surface area contributed by atoms with Crippen LogP contribution in [0.5, 0.6) is 0 Å². The Labute approximate surface area is 167 Å². The standard InChI is InChI=1S/C23H31NO4/c1-18(12-13-25)24-15-22(26)17-28-16-21(14-19-8-4-2-5-9-19)23(27)20-10-6-3-7-11-20/h2-11,18,21-22,24-26H,12-17H2,1H3. The molecule has 152 valence electrons. The van der Waals surface area contributed by atoms with Crippen LogP contribution >= 0.6 is 0 Å². The van der Waals surface area contributed by atoms with E-state index in [2.05, 4.69) is 5.32 Å². The number of ketones is 1. The van der Waals surface area contributed by atoms with Crippen molar-refractivity contribution in [3.8, 4) is 0 Å². The number of hydrogen-bond donors (Lipinski definition) is 3. The van der Waals surface area contributed by atoms with Crippen molar-refractivity contribution in [2.45, 2.75) is 31.9 Å². The predicted octanol–water partition coefficient (Wildman–Crippen LogP) is 2.47. The summed E-state index contributed by atoms with van der Waals surface area (Å²) in [5.74, 6) is -0.257. The van der Waals surface area contributed by atoms with E-state index in [4.69, 9.17) is 9.84 Å². The quantitative estimate of drug-likeness (QED) is 0.462. The summed E-state index contributed by atoms with van der Waals surface area (Å²) in [5.41, 5.74) is 1.76. The Kier molecular flexibility index (Phi) is 9.86. The van der Waals surface area contributed by atoms with E-state index in [1.165, 1.54) is 0 Å². The van der Waals surface area contributed by atoms with Gasteiger partial charge in [0.1, 0.15) is 0 Å². The minimum absolute atomic E-state index is 0.0497. The number of hydrogen-bond acceptors (Lipinski definition) is 5. The van der Waals surface area contributed by atoms with Crippen LogP contribution in [0.4, 0.5) is 0 Å². The number of Topliss-reactive ketones (excluding diaryl/α,β-unsaturated/α-hetero) is 1. The number of nitrogens with one attached hydrogen (secondary N) is 1. The Morgan fingerprint density at radius 2 is 1.68 bits per heavy atom. The monoisotopic (exact) mass is 385 g/mol. The second kappa shape index (κ2) is 12.4. The summed E-state index contributed by atoms with van der Waals surface area (Å²) in [4.78, 5) is 12.9. The highest BCUT2D eigenvalue weighted by molar-refractivity contribution is 5.98. The van der Waals surface area contributed by atoms with E-state index in [9.17, 15) is 9.90 Å². The lowest BCUT2D eigenvalue weighted by atomic mass is 9.92. The molecule has 0 fully saturated rings. The summed E-state index contributed by atoms with van der Waals surface area (Å²) in [6.07, 6.45) is 0.569. The van der Waals surface area contributed by atoms with Gasteiger partial charge in [-0.25, -0.2) is 0 Å². The summed E-state index contributed by atoms with van der Waals surface area (Å²) in [7, 11) is 0. The Hall–Kier alpha value is -2.05. The molecule has 0 aliphatic carbocycles. The zero-order valence-corrected chi connectivity index (χ0v) is 16.5. The molecule has 28 heavy (non-hydrogen) atoms. The first kappa shape index (κ1) is 22.2. The third-order valence-corrected chi connectivity index (χ3v) is 4.65. The van der Waals surface area contributed by atoms with Gasteiger partial charge in [-0.05, 0) is 25.3 Å². The summed E-state index contributed by atoms with van der Waals surface area (Å²) in [5, 5.41) is 22.2. The van der Waals surface area contributed by atoms with Crippen molar-refractivity contribution in [1.29, 1.82) is 0 Å². The van der Waals surface area contributed by atoms with Crippen LogP contribution in [0, 0.1) is 5.92 Å². The van der Waals surface area contributed by atoms with E-state index in [0.29, 0.717) is 24.9 Å². The maximum atomic E-state index is 12.9. The van der Waals surface area contributed by atoms with E-state index in [1.807, 2.05) is 67.6 Å². The molecule has 2 aromatic carbocycles. The highest BCUT2D eigenvalue weighted by Crippen LogP contribution is 2.16. The smallest absolute Gasteiger partial charge is 0.168 e. The largest absolute Gasteiger partial charge is 0.396 e. The van der Waals surface area contributed by atoms with E-state index in [0.717, 1.165) is 5.56 Å². The van der Waals surface area contributed by atoms with E-state index >= 15 is 0 Å². The van der Waals surface area contributed by atoms with Crippen LogP contribution in [0.25, 0.3) is 0 Å². The van der Waals surface area contributed by atoms with Crippen molar-refractivity contribution in [3.63, 3.8) is 0 Å². The Bertz CT molecular complexity index is 678. The average Bonchev–Trinajstić information content (AvgIpc) is 2.72. The first-order chi connectivity index (χ1) is 13.6. The van der Waals surface area contributed by atoms with Crippen molar-refractivity contribution in [2.75, 3.05) is 26.4 Å².